The van der Waals surface area contributed by atoms with E-state index in [1.54, 1.807) is 18.2 Å². The number of hydrogen-bond acceptors (Lipinski definition) is 3. The van der Waals surface area contributed by atoms with Gasteiger partial charge < -0.3 is 14.4 Å². The summed E-state index contributed by atoms with van der Waals surface area (Å²) in [6, 6.07) is 15.6. The van der Waals surface area contributed by atoms with Crippen LogP contribution in [0, 0.1) is 0 Å². The van der Waals surface area contributed by atoms with Crippen molar-refractivity contribution in [2.24, 2.45) is 0 Å². The van der Waals surface area contributed by atoms with E-state index in [-0.39, 0.29) is 18.7 Å². The molecule has 0 aliphatic carbocycles. The van der Waals surface area contributed by atoms with E-state index in [1.165, 1.54) is 5.56 Å². The summed E-state index contributed by atoms with van der Waals surface area (Å²) in [7, 11) is 0. The molecule has 1 fully saturated rings. The summed E-state index contributed by atoms with van der Waals surface area (Å²) in [4.78, 5) is 14.3. The maximum atomic E-state index is 12.4. The molecule has 2 aromatic rings. The average molecular weight is 267 g/mol. The molecule has 0 radical (unpaired) electrons. The molecular formula is C16H13NO3. The minimum absolute atomic E-state index is 0.0390. The maximum absolute atomic E-state index is 12.4. The predicted octanol–water partition coefficient (Wildman–Crippen LogP) is 2.61. The van der Waals surface area contributed by atoms with Crippen molar-refractivity contribution in [1.29, 1.82) is 0 Å². The first-order valence-corrected chi connectivity index (χ1v) is 6.58. The Morgan fingerprint density at radius 3 is 2.70 bits per heavy atom. The van der Waals surface area contributed by atoms with Crippen LogP contribution < -0.4 is 9.47 Å². The van der Waals surface area contributed by atoms with Crippen LogP contribution in [0.1, 0.15) is 22.0 Å². The number of amides is 1. The fourth-order valence-corrected chi connectivity index (χ4v) is 2.52. The number of rotatable bonds is 2. The largest absolute Gasteiger partial charge is 0.454 e. The van der Waals surface area contributed by atoms with Crippen molar-refractivity contribution in [3.8, 4) is 11.5 Å². The van der Waals surface area contributed by atoms with Gasteiger partial charge in [0.25, 0.3) is 5.91 Å². The third kappa shape index (κ3) is 1.81. The van der Waals surface area contributed by atoms with E-state index in [9.17, 15) is 4.79 Å². The van der Waals surface area contributed by atoms with Gasteiger partial charge >= 0.3 is 0 Å². The van der Waals surface area contributed by atoms with Gasteiger partial charge in [0.1, 0.15) is 0 Å². The Bertz CT molecular complexity index is 669. The van der Waals surface area contributed by atoms with E-state index < -0.39 is 0 Å². The highest BCUT2D eigenvalue weighted by Gasteiger charge is 2.40. The minimum Gasteiger partial charge on any atom is -0.454 e. The summed E-state index contributed by atoms with van der Waals surface area (Å²) in [5, 5.41) is 0. The maximum Gasteiger partial charge on any atom is 0.254 e. The Kier molecular flexibility index (Phi) is 2.42. The van der Waals surface area contributed by atoms with Crippen LogP contribution in [-0.2, 0) is 0 Å². The zero-order chi connectivity index (χ0) is 13.5. The lowest BCUT2D eigenvalue weighted by Crippen LogP contribution is -2.11. The zero-order valence-electron chi connectivity index (χ0n) is 10.8. The number of hydrogen-bond donors (Lipinski definition) is 0. The molecule has 4 nitrogen and oxygen atoms in total. The highest BCUT2D eigenvalue weighted by Crippen LogP contribution is 2.38. The molecule has 1 atom stereocenters. The van der Waals surface area contributed by atoms with Crippen LogP contribution in [0.2, 0.25) is 0 Å². The van der Waals surface area contributed by atoms with Crippen molar-refractivity contribution in [3.63, 3.8) is 0 Å². The van der Waals surface area contributed by atoms with Crippen LogP contribution in [0.5, 0.6) is 11.5 Å². The summed E-state index contributed by atoms with van der Waals surface area (Å²) < 4.78 is 10.6. The number of ether oxygens (including phenoxy) is 2. The second-order valence-corrected chi connectivity index (χ2v) is 4.95. The second kappa shape index (κ2) is 4.27. The van der Waals surface area contributed by atoms with Gasteiger partial charge in [0.15, 0.2) is 11.5 Å². The first-order valence-electron chi connectivity index (χ1n) is 6.58. The first kappa shape index (κ1) is 11.3. The van der Waals surface area contributed by atoms with Crippen LogP contribution in [0.4, 0.5) is 0 Å². The van der Waals surface area contributed by atoms with Crippen LogP contribution in [0.3, 0.4) is 0 Å². The van der Waals surface area contributed by atoms with E-state index in [4.69, 9.17) is 9.47 Å². The van der Waals surface area contributed by atoms with E-state index in [0.717, 1.165) is 6.54 Å². The van der Waals surface area contributed by atoms with Crippen LogP contribution in [0.25, 0.3) is 0 Å². The zero-order valence-corrected chi connectivity index (χ0v) is 10.8. The van der Waals surface area contributed by atoms with Gasteiger partial charge in [0.05, 0.1) is 6.04 Å². The standard InChI is InChI=1S/C16H13NO3/c18-16(12-6-7-14-15(8-12)20-10-19-14)17-9-13(17)11-4-2-1-3-5-11/h1-8,13H,9-10H2. The molecule has 0 spiro atoms. The molecule has 2 aliphatic heterocycles. The van der Waals surface area contributed by atoms with Gasteiger partial charge in [0, 0.05) is 12.1 Å². The van der Waals surface area contributed by atoms with E-state index in [0.29, 0.717) is 17.1 Å². The van der Waals surface area contributed by atoms with Crippen LogP contribution >= 0.6 is 0 Å². The molecule has 2 heterocycles. The summed E-state index contributed by atoms with van der Waals surface area (Å²) in [5.41, 5.74) is 1.83. The summed E-state index contributed by atoms with van der Waals surface area (Å²) in [6.45, 7) is 1.00. The summed E-state index contributed by atoms with van der Waals surface area (Å²) >= 11 is 0. The third-order valence-electron chi connectivity index (χ3n) is 3.68. The Morgan fingerprint density at radius 2 is 1.85 bits per heavy atom. The van der Waals surface area contributed by atoms with Gasteiger partial charge in [-0.15, -0.1) is 0 Å². The molecule has 2 aromatic carbocycles. The molecule has 1 amide bonds. The molecule has 20 heavy (non-hydrogen) atoms. The van der Waals surface area contributed by atoms with E-state index in [1.807, 2.05) is 23.1 Å². The Balaban J connectivity index is 1.55. The number of nitrogens with zero attached hydrogens (tertiary/aromatic N) is 1. The Hall–Kier alpha value is -2.49. The van der Waals surface area contributed by atoms with Gasteiger partial charge in [0.2, 0.25) is 6.79 Å². The fraction of sp³-hybridized carbons (Fsp3) is 0.188. The monoisotopic (exact) mass is 267 g/mol. The van der Waals surface area contributed by atoms with Crippen molar-refractivity contribution in [1.82, 2.24) is 4.90 Å². The lowest BCUT2D eigenvalue weighted by Gasteiger charge is -2.05. The summed E-state index contributed by atoms with van der Waals surface area (Å²) in [5.74, 6) is 1.39. The molecule has 100 valence electrons. The lowest BCUT2D eigenvalue weighted by atomic mass is 10.1. The minimum atomic E-state index is 0.0390. The Morgan fingerprint density at radius 1 is 1.05 bits per heavy atom. The second-order valence-electron chi connectivity index (χ2n) is 4.95. The van der Waals surface area contributed by atoms with Crippen molar-refractivity contribution in [2.75, 3.05) is 13.3 Å². The predicted molar refractivity (Wildman–Crippen MR) is 72.8 cm³/mol. The number of carbonyl (C=O) groups excluding carboxylic acids is 1. The SMILES string of the molecule is O=C(c1ccc2c(c1)OCO2)N1CC1c1ccccc1. The van der Waals surface area contributed by atoms with Crippen LogP contribution in [-0.4, -0.2) is 24.1 Å². The number of fused-ring (bicyclic) bond motifs is 1. The molecule has 1 unspecified atom stereocenters. The van der Waals surface area contributed by atoms with Crippen molar-refractivity contribution in [3.05, 3.63) is 59.7 Å². The molecule has 0 bridgehead atoms. The van der Waals surface area contributed by atoms with Gasteiger partial charge in [-0.05, 0) is 23.8 Å². The first-order chi connectivity index (χ1) is 9.83. The van der Waals surface area contributed by atoms with Gasteiger partial charge in [-0.25, -0.2) is 0 Å². The molecule has 4 rings (SSSR count). The molecule has 4 heteroatoms. The molecule has 0 aromatic heterocycles. The van der Waals surface area contributed by atoms with E-state index in [2.05, 4.69) is 12.1 Å². The number of benzene rings is 2. The smallest absolute Gasteiger partial charge is 0.254 e. The topological polar surface area (TPSA) is 38.5 Å². The van der Waals surface area contributed by atoms with Crippen molar-refractivity contribution in [2.45, 2.75) is 6.04 Å². The molecule has 0 saturated carbocycles. The Labute approximate surface area is 116 Å². The van der Waals surface area contributed by atoms with Gasteiger partial charge in [-0.1, -0.05) is 30.3 Å². The molecular weight excluding hydrogens is 254 g/mol. The third-order valence-corrected chi connectivity index (χ3v) is 3.68. The number of carbonyl (C=O) groups is 1. The normalized spacial score (nSPS) is 19.0. The van der Waals surface area contributed by atoms with Crippen molar-refractivity contribution >= 4 is 5.91 Å². The molecule has 0 N–H and O–H groups in total. The average Bonchev–Trinajstić information content (AvgIpc) is 3.17. The van der Waals surface area contributed by atoms with Crippen molar-refractivity contribution < 1.29 is 14.3 Å². The quantitative estimate of drug-likeness (QED) is 0.785. The van der Waals surface area contributed by atoms with Crippen LogP contribution in [0.15, 0.2) is 48.5 Å². The highest BCUT2D eigenvalue weighted by atomic mass is 16.7. The summed E-state index contributed by atoms with van der Waals surface area (Å²) in [6.07, 6.45) is 0. The van der Waals surface area contributed by atoms with Gasteiger partial charge in [-0.3, -0.25) is 4.79 Å². The molecule has 1 saturated heterocycles. The lowest BCUT2D eigenvalue weighted by molar-refractivity contribution is 0.0873. The fourth-order valence-electron chi connectivity index (χ4n) is 2.52. The van der Waals surface area contributed by atoms with Gasteiger partial charge in [-0.2, -0.15) is 0 Å². The highest BCUT2D eigenvalue weighted by molar-refractivity contribution is 5.96. The molecule has 2 aliphatic rings. The van der Waals surface area contributed by atoms with E-state index >= 15 is 0 Å².